The highest BCUT2D eigenvalue weighted by molar-refractivity contribution is 6.32. The summed E-state index contributed by atoms with van der Waals surface area (Å²) in [5, 5.41) is 2.87. The lowest BCUT2D eigenvalue weighted by atomic mass is 10.00. The molecule has 1 N–H and O–H groups in total. The standard InChI is InChI=1S/C25H19ClF3N3O2/c1-15-24(34)32(14-22(33)31-19-9-5-8-17(12-19)25(27,28)29)21-11-10-18(26)13-20(21)23(30-15)16-6-3-2-4-7-16/h2-13,15H,14H2,1H3,(H,31,33)/t15-/m0/s1. The van der Waals surface area contributed by atoms with Crippen LogP contribution in [0.2, 0.25) is 5.02 Å². The summed E-state index contributed by atoms with van der Waals surface area (Å²) < 4.78 is 39.0. The van der Waals surface area contributed by atoms with Gasteiger partial charge in [-0.05, 0) is 43.3 Å². The fourth-order valence-electron chi connectivity index (χ4n) is 3.70. The van der Waals surface area contributed by atoms with Crippen LogP contribution in [0.25, 0.3) is 0 Å². The van der Waals surface area contributed by atoms with Gasteiger partial charge in [-0.1, -0.05) is 48.0 Å². The zero-order valence-electron chi connectivity index (χ0n) is 17.9. The van der Waals surface area contributed by atoms with E-state index in [-0.39, 0.29) is 5.69 Å². The van der Waals surface area contributed by atoms with Crippen molar-refractivity contribution < 1.29 is 22.8 Å². The Morgan fingerprint density at radius 3 is 2.50 bits per heavy atom. The maximum Gasteiger partial charge on any atom is 0.416 e. The van der Waals surface area contributed by atoms with Crippen molar-refractivity contribution in [3.05, 3.63) is 94.5 Å². The number of benzodiazepines with no additional fused rings is 1. The van der Waals surface area contributed by atoms with E-state index in [0.717, 1.165) is 17.7 Å². The minimum absolute atomic E-state index is 0.0206. The van der Waals surface area contributed by atoms with Crippen molar-refractivity contribution in [2.24, 2.45) is 4.99 Å². The first-order chi connectivity index (χ1) is 16.1. The van der Waals surface area contributed by atoms with Crippen LogP contribution in [0.15, 0.2) is 77.8 Å². The molecule has 0 bridgehead atoms. The second kappa shape index (κ2) is 9.30. The van der Waals surface area contributed by atoms with Crippen LogP contribution in [0.1, 0.15) is 23.6 Å². The number of aliphatic imine (C=N–C) groups is 1. The zero-order valence-corrected chi connectivity index (χ0v) is 18.7. The van der Waals surface area contributed by atoms with Crippen LogP contribution in [0, 0.1) is 0 Å². The number of anilines is 2. The predicted octanol–water partition coefficient (Wildman–Crippen LogP) is 5.57. The second-order valence-electron chi connectivity index (χ2n) is 7.73. The molecule has 0 saturated carbocycles. The predicted molar refractivity (Wildman–Crippen MR) is 125 cm³/mol. The number of nitrogens with zero attached hydrogens (tertiary/aromatic N) is 2. The van der Waals surface area contributed by atoms with Gasteiger partial charge in [-0.15, -0.1) is 0 Å². The average molecular weight is 486 g/mol. The van der Waals surface area contributed by atoms with Crippen molar-refractivity contribution in [2.45, 2.75) is 19.1 Å². The van der Waals surface area contributed by atoms with E-state index in [0.29, 0.717) is 22.0 Å². The average Bonchev–Trinajstić information content (AvgIpc) is 2.89. The Hall–Kier alpha value is -3.65. The van der Waals surface area contributed by atoms with Gasteiger partial charge in [-0.25, -0.2) is 0 Å². The van der Waals surface area contributed by atoms with Gasteiger partial charge in [-0.2, -0.15) is 13.2 Å². The Kier molecular flexibility index (Phi) is 6.43. The van der Waals surface area contributed by atoms with Crippen LogP contribution < -0.4 is 10.2 Å². The normalized spacial score (nSPS) is 15.9. The molecular formula is C25H19ClF3N3O2. The number of carbonyl (C=O) groups excluding carboxylic acids is 2. The number of amides is 2. The first-order valence-electron chi connectivity index (χ1n) is 10.3. The van der Waals surface area contributed by atoms with Crippen molar-refractivity contribution in [2.75, 3.05) is 16.8 Å². The summed E-state index contributed by atoms with van der Waals surface area (Å²) in [7, 11) is 0. The fraction of sp³-hybridized carbons (Fsp3) is 0.160. The molecule has 1 aliphatic heterocycles. The Balaban J connectivity index is 1.67. The van der Waals surface area contributed by atoms with Gasteiger partial charge in [-0.3, -0.25) is 14.6 Å². The summed E-state index contributed by atoms with van der Waals surface area (Å²) in [5.41, 5.74) is 1.43. The molecule has 4 rings (SSSR count). The molecule has 0 fully saturated rings. The molecule has 0 radical (unpaired) electrons. The molecular weight excluding hydrogens is 467 g/mol. The second-order valence-corrected chi connectivity index (χ2v) is 8.17. The van der Waals surface area contributed by atoms with Gasteiger partial charge in [0, 0.05) is 21.8 Å². The number of carbonyl (C=O) groups is 2. The molecule has 1 atom stereocenters. The van der Waals surface area contributed by atoms with Crippen LogP contribution >= 0.6 is 11.6 Å². The summed E-state index contributed by atoms with van der Waals surface area (Å²) in [6, 6.07) is 17.7. The van der Waals surface area contributed by atoms with Gasteiger partial charge in [0.15, 0.2) is 0 Å². The van der Waals surface area contributed by atoms with E-state index in [9.17, 15) is 22.8 Å². The molecule has 9 heteroatoms. The number of benzene rings is 3. The third kappa shape index (κ3) is 4.97. The number of fused-ring (bicyclic) bond motifs is 1. The third-order valence-electron chi connectivity index (χ3n) is 5.27. The Bertz CT molecular complexity index is 1280. The van der Waals surface area contributed by atoms with E-state index < -0.39 is 36.1 Å². The van der Waals surface area contributed by atoms with E-state index >= 15 is 0 Å². The van der Waals surface area contributed by atoms with Gasteiger partial charge in [0.2, 0.25) is 5.91 Å². The van der Waals surface area contributed by atoms with Crippen molar-refractivity contribution in [1.82, 2.24) is 0 Å². The lowest BCUT2D eigenvalue weighted by Gasteiger charge is -2.24. The van der Waals surface area contributed by atoms with E-state index in [4.69, 9.17) is 11.6 Å². The molecule has 174 valence electrons. The number of alkyl halides is 3. The molecule has 3 aromatic carbocycles. The Labute approximate surface area is 198 Å². The van der Waals surface area contributed by atoms with Gasteiger partial charge < -0.3 is 10.2 Å². The number of hydrogen-bond donors (Lipinski definition) is 1. The number of hydrogen-bond acceptors (Lipinski definition) is 3. The van der Waals surface area contributed by atoms with Gasteiger partial charge in [0.25, 0.3) is 5.91 Å². The largest absolute Gasteiger partial charge is 0.416 e. The Morgan fingerprint density at radius 1 is 1.06 bits per heavy atom. The molecule has 0 aromatic heterocycles. The zero-order chi connectivity index (χ0) is 24.5. The van der Waals surface area contributed by atoms with Crippen molar-refractivity contribution >= 4 is 40.5 Å². The first-order valence-corrected chi connectivity index (χ1v) is 10.7. The van der Waals surface area contributed by atoms with Crippen molar-refractivity contribution in [3.8, 4) is 0 Å². The van der Waals surface area contributed by atoms with E-state index in [1.165, 1.54) is 17.0 Å². The minimum atomic E-state index is -4.54. The topological polar surface area (TPSA) is 61.8 Å². The van der Waals surface area contributed by atoms with E-state index in [1.807, 2.05) is 30.3 Å². The molecule has 2 amide bonds. The van der Waals surface area contributed by atoms with Gasteiger partial charge >= 0.3 is 6.18 Å². The molecule has 1 aliphatic rings. The van der Waals surface area contributed by atoms with Crippen LogP contribution in [-0.2, 0) is 15.8 Å². The number of rotatable bonds is 4. The van der Waals surface area contributed by atoms with Gasteiger partial charge in [0.1, 0.15) is 12.6 Å². The third-order valence-corrected chi connectivity index (χ3v) is 5.51. The molecule has 5 nitrogen and oxygen atoms in total. The molecule has 1 heterocycles. The summed E-state index contributed by atoms with van der Waals surface area (Å²) in [6.07, 6.45) is -4.54. The molecule has 3 aromatic rings. The molecule has 0 unspecified atom stereocenters. The number of nitrogens with one attached hydrogen (secondary N) is 1. The van der Waals surface area contributed by atoms with Crippen LogP contribution in [0.4, 0.5) is 24.5 Å². The summed E-state index contributed by atoms with van der Waals surface area (Å²) in [5.74, 6) is -1.07. The number of halogens is 4. The maximum atomic E-state index is 13.2. The van der Waals surface area contributed by atoms with Crippen molar-refractivity contribution in [1.29, 1.82) is 0 Å². The van der Waals surface area contributed by atoms with Crippen LogP contribution in [0.5, 0.6) is 0 Å². The summed E-state index contributed by atoms with van der Waals surface area (Å²) >= 11 is 6.24. The van der Waals surface area contributed by atoms with Crippen molar-refractivity contribution in [3.63, 3.8) is 0 Å². The summed E-state index contributed by atoms with van der Waals surface area (Å²) in [6.45, 7) is 1.21. The SMILES string of the molecule is C[C@@H]1N=C(c2ccccc2)c2cc(Cl)ccc2N(CC(=O)Nc2cccc(C(F)(F)F)c2)C1=O. The monoisotopic (exact) mass is 485 g/mol. The highest BCUT2D eigenvalue weighted by Crippen LogP contribution is 2.32. The fourth-order valence-corrected chi connectivity index (χ4v) is 3.87. The first kappa shape index (κ1) is 23.5. The smallest absolute Gasteiger partial charge is 0.325 e. The molecule has 0 spiro atoms. The van der Waals surface area contributed by atoms with Crippen LogP contribution in [0.3, 0.4) is 0 Å². The minimum Gasteiger partial charge on any atom is -0.325 e. The van der Waals surface area contributed by atoms with Gasteiger partial charge in [0.05, 0.1) is 17.0 Å². The lowest BCUT2D eigenvalue weighted by Crippen LogP contribution is -2.42. The maximum absolute atomic E-state index is 13.2. The molecule has 0 aliphatic carbocycles. The van der Waals surface area contributed by atoms with E-state index in [1.54, 1.807) is 25.1 Å². The quantitative estimate of drug-likeness (QED) is 0.525. The Morgan fingerprint density at radius 2 is 1.79 bits per heavy atom. The van der Waals surface area contributed by atoms with E-state index in [2.05, 4.69) is 10.3 Å². The molecule has 34 heavy (non-hydrogen) atoms. The summed E-state index contributed by atoms with van der Waals surface area (Å²) in [4.78, 5) is 31.9. The van der Waals surface area contributed by atoms with Crippen LogP contribution in [-0.4, -0.2) is 30.1 Å². The lowest BCUT2D eigenvalue weighted by molar-refractivity contribution is -0.137. The highest BCUT2D eigenvalue weighted by atomic mass is 35.5. The highest BCUT2D eigenvalue weighted by Gasteiger charge is 2.32. The molecule has 0 saturated heterocycles.